The Morgan fingerprint density at radius 1 is 0.872 bits per heavy atom. The van der Waals surface area contributed by atoms with Gasteiger partial charge in [0.25, 0.3) is 0 Å². The predicted molar refractivity (Wildman–Crippen MR) is 173 cm³/mol. The van der Waals surface area contributed by atoms with Crippen LogP contribution in [-0.4, -0.2) is 11.6 Å². The Bertz CT molecular complexity index is 1310. The number of nitrogens with zero attached hydrogens (tertiary/aromatic N) is 1. The van der Waals surface area contributed by atoms with Crippen molar-refractivity contribution < 1.29 is 4.74 Å². The average molecular weight is 560 g/mol. The molecule has 2 heterocycles. The molecule has 4 rings (SSSR count). The number of allylic oxidation sites excluding steroid dienone is 2. The average Bonchev–Trinajstić information content (AvgIpc) is 3.58. The molecule has 1 atom stereocenters. The van der Waals surface area contributed by atoms with Crippen molar-refractivity contribution in [2.75, 3.05) is 6.61 Å². The molecule has 0 aliphatic rings. The van der Waals surface area contributed by atoms with Crippen LogP contribution in [0.1, 0.15) is 90.4 Å². The number of aromatic nitrogens is 1. The molecule has 0 aliphatic heterocycles. The first-order valence-electron chi connectivity index (χ1n) is 14.9. The summed E-state index contributed by atoms with van der Waals surface area (Å²) in [6.07, 6.45) is 15.0. The number of hydrogen-bond donors (Lipinski definition) is 0. The standard InChI is InChI=1S/C35H45NOS2/c1-5-6-7-8-9-10-24-37-30-18-15-28(16-19-30)35-36-32-22-17-29(25-34(32)39-35)33-23-21-31(38-33)20-14-27(4)13-11-12-26(2)3/h12,15-19,21-23,25,27H,5-11,13-14,20,24H2,1-4H3/t27-/m0/s1. The molecule has 2 aromatic heterocycles. The van der Waals surface area contributed by atoms with Crippen LogP contribution in [0.5, 0.6) is 5.75 Å². The first-order valence-corrected chi connectivity index (χ1v) is 16.5. The van der Waals surface area contributed by atoms with Crippen LogP contribution in [0.4, 0.5) is 0 Å². The summed E-state index contributed by atoms with van der Waals surface area (Å²) in [5, 5.41) is 1.07. The topological polar surface area (TPSA) is 22.1 Å². The molecule has 208 valence electrons. The molecule has 0 N–H and O–H groups in total. The normalized spacial score (nSPS) is 12.1. The Labute approximate surface area is 244 Å². The molecule has 0 fully saturated rings. The summed E-state index contributed by atoms with van der Waals surface area (Å²) in [6, 6.07) is 19.8. The van der Waals surface area contributed by atoms with Gasteiger partial charge in [-0.2, -0.15) is 0 Å². The lowest BCUT2D eigenvalue weighted by Crippen LogP contribution is -1.97. The van der Waals surface area contributed by atoms with Gasteiger partial charge in [-0.3, -0.25) is 0 Å². The van der Waals surface area contributed by atoms with Gasteiger partial charge in [-0.15, -0.1) is 22.7 Å². The second kappa shape index (κ2) is 15.4. The van der Waals surface area contributed by atoms with Gasteiger partial charge < -0.3 is 4.74 Å². The minimum atomic E-state index is 0.763. The Morgan fingerprint density at radius 2 is 1.64 bits per heavy atom. The van der Waals surface area contributed by atoms with E-state index in [-0.39, 0.29) is 0 Å². The van der Waals surface area contributed by atoms with Gasteiger partial charge in [-0.1, -0.05) is 63.7 Å². The van der Waals surface area contributed by atoms with Crippen LogP contribution in [0.25, 0.3) is 31.2 Å². The second-order valence-corrected chi connectivity index (χ2v) is 13.3. The maximum Gasteiger partial charge on any atom is 0.124 e. The maximum absolute atomic E-state index is 5.97. The zero-order chi connectivity index (χ0) is 27.5. The third-order valence-corrected chi connectivity index (χ3v) is 9.56. The van der Waals surface area contributed by atoms with Crippen LogP contribution in [0.15, 0.2) is 66.2 Å². The number of thiazole rings is 1. The van der Waals surface area contributed by atoms with Crippen molar-refractivity contribution >= 4 is 32.9 Å². The van der Waals surface area contributed by atoms with E-state index >= 15 is 0 Å². The molecule has 0 saturated heterocycles. The van der Waals surface area contributed by atoms with Crippen molar-refractivity contribution in [2.24, 2.45) is 5.92 Å². The van der Waals surface area contributed by atoms with E-state index in [1.165, 1.54) is 83.4 Å². The highest BCUT2D eigenvalue weighted by Crippen LogP contribution is 2.36. The largest absolute Gasteiger partial charge is 0.494 e. The van der Waals surface area contributed by atoms with E-state index < -0.39 is 0 Å². The van der Waals surface area contributed by atoms with Crippen LogP contribution in [0.2, 0.25) is 0 Å². The van der Waals surface area contributed by atoms with E-state index in [4.69, 9.17) is 9.72 Å². The number of hydrogen-bond acceptors (Lipinski definition) is 4. The second-order valence-electron chi connectivity index (χ2n) is 11.1. The fraction of sp³-hybridized carbons (Fsp3) is 0.457. The first-order chi connectivity index (χ1) is 19.0. The minimum absolute atomic E-state index is 0.763. The molecule has 0 radical (unpaired) electrons. The molecule has 0 spiro atoms. The fourth-order valence-electron chi connectivity index (χ4n) is 4.82. The van der Waals surface area contributed by atoms with E-state index in [9.17, 15) is 0 Å². The minimum Gasteiger partial charge on any atom is -0.494 e. The number of thiophene rings is 1. The van der Waals surface area contributed by atoms with Gasteiger partial charge in [-0.05, 0) is 106 Å². The van der Waals surface area contributed by atoms with Crippen molar-refractivity contribution in [3.8, 4) is 26.8 Å². The monoisotopic (exact) mass is 559 g/mol. The summed E-state index contributed by atoms with van der Waals surface area (Å²) in [7, 11) is 0. The van der Waals surface area contributed by atoms with Gasteiger partial charge >= 0.3 is 0 Å². The quantitative estimate of drug-likeness (QED) is 0.101. The van der Waals surface area contributed by atoms with Crippen molar-refractivity contribution in [1.29, 1.82) is 0 Å². The SMILES string of the molecule is CCCCCCCCOc1ccc(-c2nc3ccc(-c4ccc(CC[C@@H](C)CCC=C(C)C)s4)cc3s2)cc1. The lowest BCUT2D eigenvalue weighted by molar-refractivity contribution is 0.304. The van der Waals surface area contributed by atoms with Crippen molar-refractivity contribution in [2.45, 2.75) is 91.9 Å². The molecule has 4 aromatic rings. The molecule has 2 nitrogen and oxygen atoms in total. The van der Waals surface area contributed by atoms with Gasteiger partial charge in [0.05, 0.1) is 16.8 Å². The lowest BCUT2D eigenvalue weighted by atomic mass is 9.99. The smallest absolute Gasteiger partial charge is 0.124 e. The summed E-state index contributed by atoms with van der Waals surface area (Å²) in [5.41, 5.74) is 4.95. The van der Waals surface area contributed by atoms with Gasteiger partial charge in [0.15, 0.2) is 0 Å². The summed E-state index contributed by atoms with van der Waals surface area (Å²) >= 11 is 3.72. The van der Waals surface area contributed by atoms with Gasteiger partial charge in [0.1, 0.15) is 10.8 Å². The predicted octanol–water partition coefficient (Wildman–Crippen LogP) is 11.7. The van der Waals surface area contributed by atoms with E-state index in [2.05, 4.69) is 88.4 Å². The van der Waals surface area contributed by atoms with Crippen LogP contribution < -0.4 is 4.74 Å². The number of fused-ring (bicyclic) bond motifs is 1. The molecular formula is C35H45NOS2. The number of ether oxygens (including phenoxy) is 1. The Kier molecular flexibility index (Phi) is 11.7. The number of unbranched alkanes of at least 4 members (excludes halogenated alkanes) is 5. The zero-order valence-electron chi connectivity index (χ0n) is 24.3. The molecule has 0 amide bonds. The Hall–Kier alpha value is -2.43. The maximum atomic E-state index is 5.97. The molecule has 0 bridgehead atoms. The molecular weight excluding hydrogens is 515 g/mol. The molecule has 39 heavy (non-hydrogen) atoms. The zero-order valence-corrected chi connectivity index (χ0v) is 25.9. The van der Waals surface area contributed by atoms with Crippen LogP contribution in [-0.2, 0) is 6.42 Å². The molecule has 2 aromatic carbocycles. The third-order valence-electron chi connectivity index (χ3n) is 7.30. The Morgan fingerprint density at radius 3 is 2.44 bits per heavy atom. The van der Waals surface area contributed by atoms with Gasteiger partial charge in [0.2, 0.25) is 0 Å². The number of benzene rings is 2. The van der Waals surface area contributed by atoms with E-state index in [0.717, 1.165) is 40.8 Å². The summed E-state index contributed by atoms with van der Waals surface area (Å²) < 4.78 is 7.21. The summed E-state index contributed by atoms with van der Waals surface area (Å²) in [6.45, 7) is 9.82. The van der Waals surface area contributed by atoms with Gasteiger partial charge in [0, 0.05) is 15.3 Å². The van der Waals surface area contributed by atoms with E-state index in [0.29, 0.717) is 0 Å². The Balaban J connectivity index is 1.31. The van der Waals surface area contributed by atoms with Gasteiger partial charge in [-0.25, -0.2) is 4.98 Å². The van der Waals surface area contributed by atoms with Crippen LogP contribution >= 0.6 is 22.7 Å². The molecule has 0 unspecified atom stereocenters. The fourth-order valence-corrected chi connectivity index (χ4v) is 6.85. The summed E-state index contributed by atoms with van der Waals surface area (Å²) in [5.74, 6) is 1.71. The highest BCUT2D eigenvalue weighted by atomic mass is 32.1. The van der Waals surface area contributed by atoms with E-state index in [1.807, 2.05) is 11.3 Å². The number of rotatable bonds is 16. The lowest BCUT2D eigenvalue weighted by Gasteiger charge is -2.08. The van der Waals surface area contributed by atoms with Crippen LogP contribution in [0.3, 0.4) is 0 Å². The summed E-state index contributed by atoms with van der Waals surface area (Å²) in [4.78, 5) is 7.77. The van der Waals surface area contributed by atoms with Crippen molar-refractivity contribution in [3.05, 3.63) is 71.1 Å². The van der Waals surface area contributed by atoms with E-state index in [1.54, 1.807) is 11.3 Å². The number of aryl methyl sites for hydroxylation is 1. The molecule has 0 saturated carbocycles. The molecule has 4 heteroatoms. The highest BCUT2D eigenvalue weighted by Gasteiger charge is 2.11. The highest BCUT2D eigenvalue weighted by molar-refractivity contribution is 7.21. The van der Waals surface area contributed by atoms with Crippen molar-refractivity contribution in [1.82, 2.24) is 4.98 Å². The van der Waals surface area contributed by atoms with Crippen LogP contribution in [0, 0.1) is 5.92 Å². The first kappa shape index (κ1) is 29.6. The third kappa shape index (κ3) is 9.32. The van der Waals surface area contributed by atoms with Crippen molar-refractivity contribution in [3.63, 3.8) is 0 Å². The molecule has 0 aliphatic carbocycles.